The molecule has 2 heterocycles. The first-order chi connectivity index (χ1) is 15.3. The SMILES string of the molecule is CC(C)(C)c1ccc(S(=O)(=O)N2CCC(C(=O)N(Cc3ccco3)CC(F)(F)F)CC2)cc1. The maximum atomic E-state index is 13.1. The summed E-state index contributed by atoms with van der Waals surface area (Å²) in [6.07, 6.45) is -2.90. The number of carbonyl (C=O) groups is 1. The van der Waals surface area contributed by atoms with Crippen LogP contribution in [-0.2, 0) is 26.8 Å². The van der Waals surface area contributed by atoms with E-state index in [4.69, 9.17) is 4.42 Å². The van der Waals surface area contributed by atoms with Crippen molar-refractivity contribution in [2.45, 2.75) is 56.6 Å². The molecule has 1 amide bonds. The molecule has 0 bridgehead atoms. The highest BCUT2D eigenvalue weighted by molar-refractivity contribution is 7.89. The lowest BCUT2D eigenvalue weighted by Gasteiger charge is -2.33. The van der Waals surface area contributed by atoms with Gasteiger partial charge in [0.2, 0.25) is 15.9 Å². The van der Waals surface area contributed by atoms with Crippen molar-refractivity contribution in [1.82, 2.24) is 9.21 Å². The number of hydrogen-bond acceptors (Lipinski definition) is 4. The molecule has 3 rings (SSSR count). The third-order valence-electron chi connectivity index (χ3n) is 5.77. The number of furan rings is 1. The normalized spacial score (nSPS) is 16.7. The van der Waals surface area contributed by atoms with Crippen molar-refractivity contribution in [3.8, 4) is 0 Å². The highest BCUT2D eigenvalue weighted by atomic mass is 32.2. The second-order valence-corrected chi connectivity index (χ2v) is 11.3. The van der Waals surface area contributed by atoms with E-state index in [1.54, 1.807) is 30.3 Å². The number of benzene rings is 1. The first kappa shape index (κ1) is 25.3. The molecular formula is C23H29F3N2O4S. The number of nitrogens with zero attached hydrogens (tertiary/aromatic N) is 2. The number of hydrogen-bond donors (Lipinski definition) is 0. The molecule has 2 aromatic rings. The van der Waals surface area contributed by atoms with Gasteiger partial charge in [0.05, 0.1) is 17.7 Å². The minimum absolute atomic E-state index is 0.0698. The summed E-state index contributed by atoms with van der Waals surface area (Å²) < 4.78 is 71.6. The molecule has 182 valence electrons. The fourth-order valence-corrected chi connectivity index (χ4v) is 5.37. The molecule has 0 saturated carbocycles. The van der Waals surface area contributed by atoms with Crippen LogP contribution in [0.1, 0.15) is 44.9 Å². The summed E-state index contributed by atoms with van der Waals surface area (Å²) >= 11 is 0. The molecule has 1 aromatic heterocycles. The van der Waals surface area contributed by atoms with Crippen LogP contribution >= 0.6 is 0 Å². The van der Waals surface area contributed by atoms with Gasteiger partial charge in [0, 0.05) is 19.0 Å². The van der Waals surface area contributed by atoms with Crippen LogP contribution in [0.15, 0.2) is 52.0 Å². The lowest BCUT2D eigenvalue weighted by molar-refractivity contribution is -0.166. The standard InChI is InChI=1S/C23H29F3N2O4S/c1-22(2,3)18-6-8-20(9-7-18)33(30,31)28-12-10-17(11-13-28)21(29)27(16-23(24,25)26)15-19-5-4-14-32-19/h4-9,14,17H,10-13,15-16H2,1-3H3. The van der Waals surface area contributed by atoms with Gasteiger partial charge in [0.1, 0.15) is 12.3 Å². The van der Waals surface area contributed by atoms with E-state index >= 15 is 0 Å². The molecule has 33 heavy (non-hydrogen) atoms. The number of carbonyl (C=O) groups excluding carboxylic acids is 1. The van der Waals surface area contributed by atoms with Crippen molar-refractivity contribution < 1.29 is 30.8 Å². The summed E-state index contributed by atoms with van der Waals surface area (Å²) in [5, 5.41) is 0. The quantitative estimate of drug-likeness (QED) is 0.600. The fraction of sp³-hybridized carbons (Fsp3) is 0.522. The molecule has 0 unspecified atom stereocenters. The minimum atomic E-state index is -4.55. The lowest BCUT2D eigenvalue weighted by Crippen LogP contribution is -2.46. The van der Waals surface area contributed by atoms with E-state index in [-0.39, 0.29) is 48.5 Å². The third-order valence-corrected chi connectivity index (χ3v) is 7.68. The Labute approximate surface area is 192 Å². The molecule has 0 spiro atoms. The molecule has 0 aliphatic carbocycles. The van der Waals surface area contributed by atoms with Crippen molar-refractivity contribution in [3.63, 3.8) is 0 Å². The van der Waals surface area contributed by atoms with Gasteiger partial charge in [-0.1, -0.05) is 32.9 Å². The van der Waals surface area contributed by atoms with Crippen LogP contribution in [0, 0.1) is 5.92 Å². The Hall–Kier alpha value is -2.33. The van der Waals surface area contributed by atoms with Crippen molar-refractivity contribution in [2.24, 2.45) is 5.92 Å². The largest absolute Gasteiger partial charge is 0.467 e. The summed E-state index contributed by atoms with van der Waals surface area (Å²) in [5.41, 5.74) is 0.894. The highest BCUT2D eigenvalue weighted by Crippen LogP contribution is 2.29. The van der Waals surface area contributed by atoms with Crippen LogP contribution in [0.25, 0.3) is 0 Å². The van der Waals surface area contributed by atoms with Crippen LogP contribution in [0.4, 0.5) is 13.2 Å². The fourth-order valence-electron chi connectivity index (χ4n) is 3.90. The zero-order valence-corrected chi connectivity index (χ0v) is 19.7. The molecule has 6 nitrogen and oxygen atoms in total. The van der Waals surface area contributed by atoms with E-state index in [9.17, 15) is 26.4 Å². The van der Waals surface area contributed by atoms with Gasteiger partial charge in [0.15, 0.2) is 0 Å². The van der Waals surface area contributed by atoms with Crippen molar-refractivity contribution in [2.75, 3.05) is 19.6 Å². The summed E-state index contributed by atoms with van der Waals surface area (Å²) in [6, 6.07) is 9.77. The number of sulfonamides is 1. The van der Waals surface area contributed by atoms with E-state index in [0.717, 1.165) is 10.5 Å². The first-order valence-electron chi connectivity index (χ1n) is 10.8. The van der Waals surface area contributed by atoms with Crippen molar-refractivity contribution in [3.05, 3.63) is 54.0 Å². The van der Waals surface area contributed by atoms with Crippen LogP contribution in [0.3, 0.4) is 0 Å². The Balaban J connectivity index is 1.67. The van der Waals surface area contributed by atoms with Gasteiger partial charge >= 0.3 is 6.18 Å². The van der Waals surface area contributed by atoms with Crippen LogP contribution in [0.5, 0.6) is 0 Å². The van der Waals surface area contributed by atoms with Crippen molar-refractivity contribution in [1.29, 1.82) is 0 Å². The van der Waals surface area contributed by atoms with Gasteiger partial charge in [-0.15, -0.1) is 0 Å². The summed E-state index contributed by atoms with van der Waals surface area (Å²) in [7, 11) is -3.75. The van der Waals surface area contributed by atoms with Gasteiger partial charge in [-0.25, -0.2) is 8.42 Å². The molecule has 1 aromatic carbocycles. The topological polar surface area (TPSA) is 70.8 Å². The highest BCUT2D eigenvalue weighted by Gasteiger charge is 2.38. The third kappa shape index (κ3) is 6.38. The summed E-state index contributed by atoms with van der Waals surface area (Å²) in [5.74, 6) is -1.07. The van der Waals surface area contributed by atoms with Gasteiger partial charge < -0.3 is 9.32 Å². The molecule has 0 N–H and O–H groups in total. The van der Waals surface area contributed by atoms with E-state index < -0.39 is 34.6 Å². The van der Waals surface area contributed by atoms with Crippen LogP contribution in [-0.4, -0.2) is 49.3 Å². The number of halogens is 3. The predicted molar refractivity (Wildman–Crippen MR) is 117 cm³/mol. The Morgan fingerprint density at radius 3 is 2.18 bits per heavy atom. The molecule has 1 aliphatic heterocycles. The van der Waals surface area contributed by atoms with Gasteiger partial charge in [-0.3, -0.25) is 4.79 Å². The van der Waals surface area contributed by atoms with Gasteiger partial charge in [-0.05, 0) is 48.1 Å². The average Bonchev–Trinajstić information content (AvgIpc) is 3.24. The first-order valence-corrected chi connectivity index (χ1v) is 12.2. The Bertz CT molecular complexity index is 1030. The monoisotopic (exact) mass is 486 g/mol. The second kappa shape index (κ2) is 9.50. The zero-order valence-electron chi connectivity index (χ0n) is 18.9. The maximum Gasteiger partial charge on any atom is 0.406 e. The smallest absolute Gasteiger partial charge is 0.406 e. The number of amides is 1. The second-order valence-electron chi connectivity index (χ2n) is 9.34. The summed E-state index contributed by atoms with van der Waals surface area (Å²) in [6.45, 7) is 4.57. The minimum Gasteiger partial charge on any atom is -0.467 e. The molecule has 0 atom stereocenters. The number of rotatable bonds is 6. The van der Waals surface area contributed by atoms with E-state index in [0.29, 0.717) is 0 Å². The Morgan fingerprint density at radius 2 is 1.70 bits per heavy atom. The molecular weight excluding hydrogens is 457 g/mol. The predicted octanol–water partition coefficient (Wildman–Crippen LogP) is 4.57. The molecule has 1 fully saturated rings. The summed E-state index contributed by atoms with van der Waals surface area (Å²) in [4.78, 5) is 13.8. The van der Waals surface area contributed by atoms with Crippen molar-refractivity contribution >= 4 is 15.9 Å². The zero-order chi connectivity index (χ0) is 24.4. The Kier molecular flexibility index (Phi) is 7.28. The van der Waals surface area contributed by atoms with Crippen LogP contribution in [0.2, 0.25) is 0 Å². The number of piperidine rings is 1. The van der Waals surface area contributed by atoms with Crippen LogP contribution < -0.4 is 0 Å². The molecule has 10 heteroatoms. The van der Waals surface area contributed by atoms with E-state index in [1.807, 2.05) is 20.8 Å². The van der Waals surface area contributed by atoms with Gasteiger partial charge in [0.25, 0.3) is 0 Å². The number of alkyl halides is 3. The lowest BCUT2D eigenvalue weighted by atomic mass is 9.87. The molecule has 1 saturated heterocycles. The average molecular weight is 487 g/mol. The van der Waals surface area contributed by atoms with E-state index in [1.165, 1.54) is 16.6 Å². The Morgan fingerprint density at radius 1 is 1.09 bits per heavy atom. The van der Waals surface area contributed by atoms with Gasteiger partial charge in [-0.2, -0.15) is 17.5 Å². The molecule has 0 radical (unpaired) electrons. The van der Waals surface area contributed by atoms with E-state index in [2.05, 4.69) is 0 Å². The molecule has 1 aliphatic rings. The maximum absolute atomic E-state index is 13.1.